The Balaban J connectivity index is 2.03. The molecule has 1 aliphatic heterocycles. The predicted molar refractivity (Wildman–Crippen MR) is 83.2 cm³/mol. The maximum atomic E-state index is 14.2. The zero-order valence-electron chi connectivity index (χ0n) is 13.0. The number of benzene rings is 1. The van der Waals surface area contributed by atoms with Crippen molar-refractivity contribution < 1.29 is 9.13 Å². The van der Waals surface area contributed by atoms with Gasteiger partial charge in [0.25, 0.3) is 0 Å². The van der Waals surface area contributed by atoms with Crippen LogP contribution in [0.15, 0.2) is 12.1 Å². The molecule has 4 rings (SSSR count). The first-order valence-corrected chi connectivity index (χ1v) is 8.04. The molecular formula is C17H19FN4O. The highest BCUT2D eigenvalue weighted by Gasteiger charge is 2.52. The van der Waals surface area contributed by atoms with Crippen LogP contribution in [-0.4, -0.2) is 30.4 Å². The molecule has 2 aliphatic rings. The van der Waals surface area contributed by atoms with Gasteiger partial charge in [-0.2, -0.15) is 10.4 Å². The minimum Gasteiger partial charge on any atom is -0.373 e. The van der Waals surface area contributed by atoms with Crippen molar-refractivity contribution in [2.45, 2.75) is 24.9 Å². The van der Waals surface area contributed by atoms with Crippen LogP contribution in [0.3, 0.4) is 0 Å². The van der Waals surface area contributed by atoms with Crippen molar-refractivity contribution in [3.05, 3.63) is 29.2 Å². The first-order valence-electron chi connectivity index (χ1n) is 8.04. The SMILES string of the molecule is COC1(c2cc(F)cc3[nH]nc(C#N)c23)C2CCCC1CNC2. The molecule has 1 saturated carbocycles. The number of methoxy groups -OCH3 is 1. The summed E-state index contributed by atoms with van der Waals surface area (Å²) in [7, 11) is 1.71. The summed E-state index contributed by atoms with van der Waals surface area (Å²) in [6.45, 7) is 1.70. The summed E-state index contributed by atoms with van der Waals surface area (Å²) in [6, 6.07) is 5.06. The van der Waals surface area contributed by atoms with E-state index in [1.165, 1.54) is 6.07 Å². The smallest absolute Gasteiger partial charge is 0.170 e. The Morgan fingerprint density at radius 3 is 2.74 bits per heavy atom. The molecule has 2 bridgehead atoms. The molecule has 1 aromatic carbocycles. The molecule has 2 fully saturated rings. The summed E-state index contributed by atoms with van der Waals surface area (Å²) in [6.07, 6.45) is 3.24. The number of hydrogen-bond acceptors (Lipinski definition) is 4. The van der Waals surface area contributed by atoms with Gasteiger partial charge in [-0.05, 0) is 30.5 Å². The number of piperidine rings is 1. The third-order valence-electron chi connectivity index (χ3n) is 5.59. The van der Waals surface area contributed by atoms with Gasteiger partial charge >= 0.3 is 0 Å². The van der Waals surface area contributed by atoms with Gasteiger partial charge in [0.2, 0.25) is 0 Å². The number of H-pyrrole nitrogens is 1. The number of aromatic nitrogens is 2. The van der Waals surface area contributed by atoms with Gasteiger partial charge in [0, 0.05) is 37.4 Å². The van der Waals surface area contributed by atoms with Crippen LogP contribution in [0.1, 0.15) is 30.5 Å². The van der Waals surface area contributed by atoms with Crippen LogP contribution in [0.2, 0.25) is 0 Å². The van der Waals surface area contributed by atoms with E-state index in [4.69, 9.17) is 4.74 Å². The summed E-state index contributed by atoms with van der Waals surface area (Å²) >= 11 is 0. The Labute approximate surface area is 133 Å². The first-order chi connectivity index (χ1) is 11.2. The number of nitrogens with one attached hydrogen (secondary N) is 2. The second-order valence-corrected chi connectivity index (χ2v) is 6.54. The average Bonchev–Trinajstić information content (AvgIpc) is 2.95. The van der Waals surface area contributed by atoms with Crippen molar-refractivity contribution >= 4 is 10.9 Å². The van der Waals surface area contributed by atoms with E-state index in [2.05, 4.69) is 21.6 Å². The largest absolute Gasteiger partial charge is 0.373 e. The van der Waals surface area contributed by atoms with Crippen molar-refractivity contribution in [3.63, 3.8) is 0 Å². The molecule has 5 nitrogen and oxygen atoms in total. The molecule has 2 aromatic rings. The fourth-order valence-corrected chi connectivity index (χ4v) is 4.71. The Hall–Kier alpha value is -1.97. The lowest BCUT2D eigenvalue weighted by atomic mass is 9.62. The van der Waals surface area contributed by atoms with Crippen LogP contribution >= 0.6 is 0 Å². The van der Waals surface area contributed by atoms with Crippen molar-refractivity contribution in [3.8, 4) is 6.07 Å². The molecule has 1 aliphatic carbocycles. The molecule has 120 valence electrons. The molecule has 23 heavy (non-hydrogen) atoms. The van der Waals surface area contributed by atoms with Gasteiger partial charge < -0.3 is 10.1 Å². The van der Waals surface area contributed by atoms with Crippen LogP contribution in [-0.2, 0) is 10.3 Å². The second kappa shape index (κ2) is 5.29. The lowest BCUT2D eigenvalue weighted by Gasteiger charge is -2.52. The molecule has 1 aromatic heterocycles. The Kier molecular flexibility index (Phi) is 3.36. The monoisotopic (exact) mass is 314 g/mol. The van der Waals surface area contributed by atoms with Crippen molar-refractivity contribution in [1.29, 1.82) is 5.26 Å². The number of nitrogens with zero attached hydrogens (tertiary/aromatic N) is 2. The van der Waals surface area contributed by atoms with E-state index in [0.29, 0.717) is 16.6 Å². The third-order valence-corrected chi connectivity index (χ3v) is 5.59. The quantitative estimate of drug-likeness (QED) is 0.893. The lowest BCUT2D eigenvalue weighted by Crippen LogP contribution is -2.58. The number of halogens is 1. The zero-order chi connectivity index (χ0) is 16.0. The number of hydrogen-bond donors (Lipinski definition) is 2. The van der Waals surface area contributed by atoms with Gasteiger partial charge in [0.05, 0.1) is 5.52 Å². The Morgan fingerprint density at radius 1 is 1.35 bits per heavy atom. The van der Waals surface area contributed by atoms with Gasteiger partial charge in [-0.1, -0.05) is 6.42 Å². The van der Waals surface area contributed by atoms with E-state index in [1.807, 2.05) is 0 Å². The minimum absolute atomic E-state index is 0.270. The second-order valence-electron chi connectivity index (χ2n) is 6.54. The fraction of sp³-hybridized carbons (Fsp3) is 0.529. The summed E-state index contributed by atoms with van der Waals surface area (Å²) in [4.78, 5) is 0. The standard InChI is InChI=1S/C17H19FN4O/c1-23-17(10-3-2-4-11(17)9-20-8-10)13-5-12(18)6-14-16(13)15(7-19)22-21-14/h5-6,10-11,20H,2-4,8-9H2,1H3,(H,21,22). The lowest BCUT2D eigenvalue weighted by molar-refractivity contribution is -0.143. The molecular weight excluding hydrogens is 295 g/mol. The maximum absolute atomic E-state index is 14.2. The summed E-state index contributed by atoms with van der Waals surface area (Å²) < 4.78 is 20.4. The average molecular weight is 314 g/mol. The van der Waals surface area contributed by atoms with Crippen LogP contribution in [0.5, 0.6) is 0 Å². The van der Waals surface area contributed by atoms with E-state index in [1.54, 1.807) is 13.2 Å². The van der Waals surface area contributed by atoms with E-state index in [-0.39, 0.29) is 17.7 Å². The number of rotatable bonds is 2. The molecule has 0 spiro atoms. The third kappa shape index (κ3) is 1.93. The van der Waals surface area contributed by atoms with E-state index < -0.39 is 5.60 Å². The molecule has 6 heteroatoms. The van der Waals surface area contributed by atoms with Crippen LogP contribution < -0.4 is 5.32 Å². The maximum Gasteiger partial charge on any atom is 0.170 e. The minimum atomic E-state index is -0.556. The molecule has 0 amide bonds. The van der Waals surface area contributed by atoms with Crippen LogP contribution in [0.25, 0.3) is 10.9 Å². The van der Waals surface area contributed by atoms with Gasteiger partial charge in [-0.3, -0.25) is 5.10 Å². The molecule has 2 atom stereocenters. The molecule has 0 radical (unpaired) electrons. The summed E-state index contributed by atoms with van der Waals surface area (Å²) in [5.74, 6) is 0.214. The van der Waals surface area contributed by atoms with Gasteiger partial charge in [0.15, 0.2) is 5.69 Å². The van der Waals surface area contributed by atoms with Crippen molar-refractivity contribution in [2.75, 3.05) is 20.2 Å². The van der Waals surface area contributed by atoms with Crippen molar-refractivity contribution in [1.82, 2.24) is 15.5 Å². The number of ether oxygens (including phenoxy) is 1. The zero-order valence-corrected chi connectivity index (χ0v) is 13.0. The molecule has 2 heterocycles. The van der Waals surface area contributed by atoms with Crippen molar-refractivity contribution in [2.24, 2.45) is 11.8 Å². The fourth-order valence-electron chi connectivity index (χ4n) is 4.71. The highest BCUT2D eigenvalue weighted by atomic mass is 19.1. The van der Waals surface area contributed by atoms with Gasteiger partial charge in [-0.15, -0.1) is 0 Å². The Morgan fingerprint density at radius 2 is 2.09 bits per heavy atom. The Bertz CT molecular complexity index is 772. The summed E-state index contributed by atoms with van der Waals surface area (Å²) in [5.41, 5.74) is 1.09. The number of nitriles is 1. The topological polar surface area (TPSA) is 73.7 Å². The first kappa shape index (κ1) is 14.6. The normalized spacial score (nSPS) is 30.3. The van der Waals surface area contributed by atoms with Gasteiger partial charge in [0.1, 0.15) is 17.5 Å². The van der Waals surface area contributed by atoms with E-state index in [0.717, 1.165) is 37.9 Å². The van der Waals surface area contributed by atoms with E-state index in [9.17, 15) is 9.65 Å². The number of aromatic amines is 1. The number of fused-ring (bicyclic) bond motifs is 3. The molecule has 1 saturated heterocycles. The van der Waals surface area contributed by atoms with Crippen LogP contribution in [0.4, 0.5) is 4.39 Å². The van der Waals surface area contributed by atoms with Gasteiger partial charge in [-0.25, -0.2) is 4.39 Å². The highest BCUT2D eigenvalue weighted by molar-refractivity contribution is 5.88. The highest BCUT2D eigenvalue weighted by Crippen LogP contribution is 2.51. The van der Waals surface area contributed by atoms with Crippen LogP contribution in [0, 0.1) is 29.0 Å². The molecule has 2 N–H and O–H groups in total. The predicted octanol–water partition coefficient (Wildman–Crippen LogP) is 2.43. The molecule has 2 unspecified atom stereocenters. The summed E-state index contributed by atoms with van der Waals surface area (Å²) in [5, 5.41) is 20.4. The van der Waals surface area contributed by atoms with E-state index >= 15 is 0 Å².